The highest BCUT2D eigenvalue weighted by molar-refractivity contribution is 7.92. The number of carbonyl (C=O) groups excluding carboxylic acids is 1. The van der Waals surface area contributed by atoms with Crippen molar-refractivity contribution < 1.29 is 27.4 Å². The van der Waals surface area contributed by atoms with Gasteiger partial charge in [0, 0.05) is 24.3 Å². The first-order chi connectivity index (χ1) is 16.7. The molecule has 1 heterocycles. The number of nitrogens with one attached hydrogen (secondary N) is 1. The van der Waals surface area contributed by atoms with Gasteiger partial charge in [-0.2, -0.15) is 0 Å². The van der Waals surface area contributed by atoms with Crippen LogP contribution >= 0.6 is 0 Å². The molecular formula is C26H28N2O6S. The van der Waals surface area contributed by atoms with Crippen molar-refractivity contribution in [1.29, 1.82) is 0 Å². The molecule has 4 rings (SSSR count). The SMILES string of the molecule is COc1ccc(NS(=O)(=O)c2cc(C(=O)N3CCc4cc(OC)c(OC)cc4C3)ccc2C)cc1. The standard InChI is InChI=1S/C26H28N2O6S/c1-17-5-6-19(15-25(17)35(30,31)27-21-7-9-22(32-2)10-8-21)26(29)28-12-11-18-13-23(33-3)24(34-4)14-20(18)16-28/h5-10,13-15,27H,11-12,16H2,1-4H3. The molecule has 0 unspecified atom stereocenters. The first kappa shape index (κ1) is 24.4. The van der Waals surface area contributed by atoms with Crippen LogP contribution in [0.25, 0.3) is 0 Å². The molecule has 0 aliphatic carbocycles. The molecule has 3 aromatic rings. The summed E-state index contributed by atoms with van der Waals surface area (Å²) in [5, 5.41) is 0. The van der Waals surface area contributed by atoms with Gasteiger partial charge in [0.1, 0.15) is 5.75 Å². The molecule has 0 atom stereocenters. The Morgan fingerprint density at radius 3 is 2.17 bits per heavy atom. The van der Waals surface area contributed by atoms with E-state index in [0.29, 0.717) is 53.6 Å². The Bertz CT molecular complexity index is 1350. The number of rotatable bonds is 7. The molecule has 35 heavy (non-hydrogen) atoms. The molecule has 8 nitrogen and oxygen atoms in total. The summed E-state index contributed by atoms with van der Waals surface area (Å²) in [4.78, 5) is 15.1. The topological polar surface area (TPSA) is 94.2 Å². The lowest BCUT2D eigenvalue weighted by atomic mass is 9.98. The number of anilines is 1. The Morgan fingerprint density at radius 2 is 1.54 bits per heavy atom. The van der Waals surface area contributed by atoms with Gasteiger partial charge in [-0.3, -0.25) is 9.52 Å². The molecule has 0 radical (unpaired) electrons. The van der Waals surface area contributed by atoms with Gasteiger partial charge in [0.25, 0.3) is 15.9 Å². The van der Waals surface area contributed by atoms with Gasteiger partial charge in [-0.1, -0.05) is 6.07 Å². The van der Waals surface area contributed by atoms with Crippen molar-refractivity contribution in [1.82, 2.24) is 4.90 Å². The van der Waals surface area contributed by atoms with Crippen LogP contribution < -0.4 is 18.9 Å². The number of carbonyl (C=O) groups is 1. The van der Waals surface area contributed by atoms with Gasteiger partial charge in [-0.25, -0.2) is 8.42 Å². The second-order valence-corrected chi connectivity index (χ2v) is 9.92. The third-order valence-electron chi connectivity index (χ3n) is 6.07. The highest BCUT2D eigenvalue weighted by atomic mass is 32.2. The van der Waals surface area contributed by atoms with E-state index in [1.807, 2.05) is 12.1 Å². The van der Waals surface area contributed by atoms with E-state index in [0.717, 1.165) is 11.1 Å². The van der Waals surface area contributed by atoms with Crippen LogP contribution in [0.3, 0.4) is 0 Å². The van der Waals surface area contributed by atoms with Crippen molar-refractivity contribution >= 4 is 21.6 Å². The molecule has 184 valence electrons. The summed E-state index contributed by atoms with van der Waals surface area (Å²) in [6.07, 6.45) is 0.664. The summed E-state index contributed by atoms with van der Waals surface area (Å²) in [5.74, 6) is 1.65. The van der Waals surface area contributed by atoms with Gasteiger partial charge in [-0.05, 0) is 78.6 Å². The minimum Gasteiger partial charge on any atom is -0.497 e. The zero-order valence-electron chi connectivity index (χ0n) is 20.1. The normalized spacial score (nSPS) is 13.1. The third kappa shape index (κ3) is 5.05. The molecule has 0 saturated heterocycles. The number of ether oxygens (including phenoxy) is 3. The number of benzene rings is 3. The fourth-order valence-corrected chi connectivity index (χ4v) is 5.46. The van der Waals surface area contributed by atoms with E-state index >= 15 is 0 Å². The number of fused-ring (bicyclic) bond motifs is 1. The van der Waals surface area contributed by atoms with Crippen LogP contribution in [0, 0.1) is 6.92 Å². The van der Waals surface area contributed by atoms with E-state index in [9.17, 15) is 13.2 Å². The predicted octanol–water partition coefficient (Wildman–Crippen LogP) is 4.02. The van der Waals surface area contributed by atoms with E-state index in [4.69, 9.17) is 14.2 Å². The number of nitrogens with zero attached hydrogens (tertiary/aromatic N) is 1. The largest absolute Gasteiger partial charge is 0.497 e. The summed E-state index contributed by atoms with van der Waals surface area (Å²) >= 11 is 0. The minimum absolute atomic E-state index is 0.0583. The van der Waals surface area contributed by atoms with Gasteiger partial charge in [0.2, 0.25) is 0 Å². The smallest absolute Gasteiger partial charge is 0.262 e. The van der Waals surface area contributed by atoms with E-state index in [1.54, 1.807) is 69.6 Å². The molecule has 0 aromatic heterocycles. The maximum absolute atomic E-state index is 13.3. The molecule has 0 spiro atoms. The van der Waals surface area contributed by atoms with Crippen molar-refractivity contribution in [3.8, 4) is 17.2 Å². The summed E-state index contributed by atoms with van der Waals surface area (Å²) < 4.78 is 44.7. The van der Waals surface area contributed by atoms with Crippen molar-refractivity contribution in [2.24, 2.45) is 0 Å². The fraction of sp³-hybridized carbons (Fsp3) is 0.269. The van der Waals surface area contributed by atoms with Crippen LogP contribution in [0.5, 0.6) is 17.2 Å². The second-order valence-electron chi connectivity index (χ2n) is 8.27. The van der Waals surface area contributed by atoms with Crippen LogP contribution in [0.2, 0.25) is 0 Å². The average molecular weight is 497 g/mol. The van der Waals surface area contributed by atoms with Crippen molar-refractivity contribution in [2.45, 2.75) is 24.8 Å². The quantitative estimate of drug-likeness (QED) is 0.531. The first-order valence-corrected chi connectivity index (χ1v) is 12.5. The Balaban J connectivity index is 1.58. The Labute approximate surface area is 205 Å². The van der Waals surface area contributed by atoms with Crippen LogP contribution in [0.1, 0.15) is 27.0 Å². The maximum Gasteiger partial charge on any atom is 0.262 e. The highest BCUT2D eigenvalue weighted by Gasteiger charge is 2.26. The van der Waals surface area contributed by atoms with Gasteiger partial charge in [0.15, 0.2) is 11.5 Å². The number of sulfonamides is 1. The third-order valence-corrected chi connectivity index (χ3v) is 7.60. The maximum atomic E-state index is 13.3. The van der Waals surface area contributed by atoms with Gasteiger partial charge >= 0.3 is 0 Å². The van der Waals surface area contributed by atoms with Crippen molar-refractivity contribution in [2.75, 3.05) is 32.6 Å². The summed E-state index contributed by atoms with van der Waals surface area (Å²) in [5.41, 5.74) is 3.34. The van der Waals surface area contributed by atoms with Crippen LogP contribution in [-0.2, 0) is 23.0 Å². The number of hydrogen-bond acceptors (Lipinski definition) is 6. The predicted molar refractivity (Wildman–Crippen MR) is 133 cm³/mol. The first-order valence-electron chi connectivity index (χ1n) is 11.1. The molecule has 9 heteroatoms. The van der Waals surface area contributed by atoms with Crippen molar-refractivity contribution in [3.05, 3.63) is 76.9 Å². The number of aryl methyl sites for hydroxylation is 1. The average Bonchev–Trinajstić information content (AvgIpc) is 2.87. The van der Waals surface area contributed by atoms with Gasteiger partial charge in [0.05, 0.1) is 26.2 Å². The molecule has 0 bridgehead atoms. The van der Waals surface area contributed by atoms with Gasteiger partial charge in [-0.15, -0.1) is 0 Å². The molecular weight excluding hydrogens is 468 g/mol. The molecule has 1 amide bonds. The number of methoxy groups -OCH3 is 3. The fourth-order valence-electron chi connectivity index (χ4n) is 4.13. The molecule has 0 saturated carbocycles. The summed E-state index contributed by atoms with van der Waals surface area (Å²) in [6, 6.07) is 15.2. The molecule has 1 aliphatic heterocycles. The Kier molecular flexibility index (Phi) is 6.88. The zero-order valence-corrected chi connectivity index (χ0v) is 20.9. The molecule has 3 aromatic carbocycles. The summed E-state index contributed by atoms with van der Waals surface area (Å²) in [6.45, 7) is 2.61. The van der Waals surface area contributed by atoms with Crippen molar-refractivity contribution in [3.63, 3.8) is 0 Å². The van der Waals surface area contributed by atoms with Crippen LogP contribution in [-0.4, -0.2) is 47.1 Å². The van der Waals surface area contributed by atoms with E-state index < -0.39 is 10.0 Å². The molecule has 1 aliphatic rings. The van der Waals surface area contributed by atoms with Crippen LogP contribution in [0.15, 0.2) is 59.5 Å². The highest BCUT2D eigenvalue weighted by Crippen LogP contribution is 2.33. The lowest BCUT2D eigenvalue weighted by Gasteiger charge is -2.30. The monoisotopic (exact) mass is 496 g/mol. The Hall–Kier alpha value is -3.72. The van der Waals surface area contributed by atoms with E-state index in [2.05, 4.69) is 4.72 Å². The Morgan fingerprint density at radius 1 is 0.886 bits per heavy atom. The van der Waals surface area contributed by atoms with Gasteiger partial charge < -0.3 is 19.1 Å². The lowest BCUT2D eigenvalue weighted by Crippen LogP contribution is -2.36. The lowest BCUT2D eigenvalue weighted by molar-refractivity contribution is 0.0734. The number of hydrogen-bond donors (Lipinski definition) is 1. The minimum atomic E-state index is -3.91. The van der Waals surface area contributed by atoms with Crippen LogP contribution in [0.4, 0.5) is 5.69 Å². The number of amides is 1. The van der Waals surface area contributed by atoms with E-state index in [1.165, 1.54) is 6.07 Å². The summed E-state index contributed by atoms with van der Waals surface area (Å²) in [7, 11) is 0.800. The molecule has 0 fully saturated rings. The van der Waals surface area contributed by atoms with E-state index in [-0.39, 0.29) is 10.8 Å². The second kappa shape index (κ2) is 9.87. The molecule has 1 N–H and O–H groups in total. The zero-order chi connectivity index (χ0) is 25.2.